The highest BCUT2D eigenvalue weighted by Gasteiger charge is 2.62. The molecule has 0 aliphatic heterocycles. The van der Waals surface area contributed by atoms with E-state index >= 15 is 0 Å². The quantitative estimate of drug-likeness (QED) is 0.549. The first-order valence-corrected chi connectivity index (χ1v) is 12.8. The summed E-state index contributed by atoms with van der Waals surface area (Å²) in [6.07, 6.45) is 14.7. The standard InChI is InChI=1S/C27H46O2/c1-18(2)16-20(28)17-27(5,29)24-12-11-22-21-10-9-19-8-6-7-14-25(19,3)23(21)13-15-26(22,24)4/h18-19,21-24,29H,6-17H2,1-5H3/t19?,21-,22-,23-,24-,25-,26-,27-/m0/s1. The van der Waals surface area contributed by atoms with Gasteiger partial charge in [-0.3, -0.25) is 4.79 Å². The van der Waals surface area contributed by atoms with Crippen LogP contribution in [0.3, 0.4) is 0 Å². The maximum atomic E-state index is 12.6. The van der Waals surface area contributed by atoms with Gasteiger partial charge in [-0.1, -0.05) is 40.5 Å². The molecule has 0 aromatic heterocycles. The number of hydrogen-bond donors (Lipinski definition) is 1. The van der Waals surface area contributed by atoms with Crippen LogP contribution in [0.4, 0.5) is 0 Å². The van der Waals surface area contributed by atoms with Crippen molar-refractivity contribution >= 4 is 5.78 Å². The molecule has 4 rings (SSSR count). The molecule has 4 saturated carbocycles. The van der Waals surface area contributed by atoms with E-state index in [1.54, 1.807) is 0 Å². The topological polar surface area (TPSA) is 37.3 Å². The zero-order valence-electron chi connectivity index (χ0n) is 19.8. The maximum absolute atomic E-state index is 12.6. The van der Waals surface area contributed by atoms with Crippen LogP contribution in [-0.4, -0.2) is 16.5 Å². The summed E-state index contributed by atoms with van der Waals surface area (Å²) in [5, 5.41) is 11.5. The highest BCUT2D eigenvalue weighted by molar-refractivity contribution is 5.79. The lowest BCUT2D eigenvalue weighted by atomic mass is 9.44. The molecule has 0 saturated heterocycles. The van der Waals surface area contributed by atoms with Crippen molar-refractivity contribution in [1.29, 1.82) is 0 Å². The Morgan fingerprint density at radius 2 is 1.69 bits per heavy atom. The van der Waals surface area contributed by atoms with Crippen LogP contribution in [0.2, 0.25) is 0 Å². The monoisotopic (exact) mass is 402 g/mol. The Balaban J connectivity index is 1.52. The normalized spacial score (nSPS) is 46.5. The third kappa shape index (κ3) is 3.64. The molecule has 0 spiro atoms. The van der Waals surface area contributed by atoms with Crippen LogP contribution in [0.1, 0.15) is 112 Å². The number of hydrogen-bond acceptors (Lipinski definition) is 2. The largest absolute Gasteiger partial charge is 0.389 e. The van der Waals surface area contributed by atoms with Gasteiger partial charge in [0, 0.05) is 12.8 Å². The second kappa shape index (κ2) is 7.64. The van der Waals surface area contributed by atoms with Crippen LogP contribution in [0.15, 0.2) is 0 Å². The van der Waals surface area contributed by atoms with Crippen molar-refractivity contribution in [3.63, 3.8) is 0 Å². The summed E-state index contributed by atoms with van der Waals surface area (Å²) in [5.41, 5.74) is -0.0365. The zero-order chi connectivity index (χ0) is 21.0. The van der Waals surface area contributed by atoms with Gasteiger partial charge in [0.25, 0.3) is 0 Å². The fourth-order valence-electron chi connectivity index (χ4n) is 9.37. The van der Waals surface area contributed by atoms with Crippen LogP contribution in [0, 0.1) is 46.3 Å². The Labute approximate surface area is 179 Å². The highest BCUT2D eigenvalue weighted by Crippen LogP contribution is 2.68. The molecule has 1 unspecified atom stereocenters. The molecule has 4 aliphatic rings. The fourth-order valence-corrected chi connectivity index (χ4v) is 9.37. The average molecular weight is 403 g/mol. The molecule has 1 N–H and O–H groups in total. The summed E-state index contributed by atoms with van der Waals surface area (Å²) in [4.78, 5) is 12.6. The van der Waals surface area contributed by atoms with Crippen molar-refractivity contribution in [3.05, 3.63) is 0 Å². The van der Waals surface area contributed by atoms with Gasteiger partial charge in [0.2, 0.25) is 0 Å². The SMILES string of the molecule is CC(C)CC(=O)C[C@](C)(O)[C@H]1CC[C@H]2[C@@H]3CCC4CCCC[C@]4(C)[C@H]3CC[C@@]21C. The van der Waals surface area contributed by atoms with Crippen molar-refractivity contribution in [2.24, 2.45) is 46.3 Å². The molecule has 8 atom stereocenters. The predicted molar refractivity (Wildman–Crippen MR) is 120 cm³/mol. The van der Waals surface area contributed by atoms with Gasteiger partial charge in [-0.15, -0.1) is 0 Å². The minimum atomic E-state index is -0.839. The van der Waals surface area contributed by atoms with E-state index in [1.807, 2.05) is 6.92 Å². The summed E-state index contributed by atoms with van der Waals surface area (Å²) in [7, 11) is 0. The number of ketones is 1. The van der Waals surface area contributed by atoms with Crippen molar-refractivity contribution in [2.75, 3.05) is 0 Å². The second-order valence-corrected chi connectivity index (χ2v) is 12.7. The summed E-state index contributed by atoms with van der Waals surface area (Å²) in [5.74, 6) is 4.42. The van der Waals surface area contributed by atoms with Gasteiger partial charge in [0.05, 0.1) is 5.60 Å². The number of carbonyl (C=O) groups is 1. The molecule has 2 heteroatoms. The Morgan fingerprint density at radius 3 is 2.41 bits per heavy atom. The number of aliphatic hydroxyl groups is 1. The van der Waals surface area contributed by atoms with E-state index in [0.717, 1.165) is 30.1 Å². The van der Waals surface area contributed by atoms with Gasteiger partial charge in [-0.05, 0) is 105 Å². The van der Waals surface area contributed by atoms with Crippen LogP contribution < -0.4 is 0 Å². The van der Waals surface area contributed by atoms with E-state index in [4.69, 9.17) is 0 Å². The Morgan fingerprint density at radius 1 is 0.966 bits per heavy atom. The van der Waals surface area contributed by atoms with Gasteiger partial charge in [-0.2, -0.15) is 0 Å². The van der Waals surface area contributed by atoms with E-state index in [9.17, 15) is 9.90 Å². The molecule has 0 aromatic rings. The van der Waals surface area contributed by atoms with E-state index in [-0.39, 0.29) is 17.1 Å². The number of fused-ring (bicyclic) bond motifs is 5. The van der Waals surface area contributed by atoms with E-state index in [2.05, 4.69) is 27.7 Å². The number of rotatable bonds is 5. The second-order valence-electron chi connectivity index (χ2n) is 12.7. The van der Waals surface area contributed by atoms with Crippen LogP contribution in [0.5, 0.6) is 0 Å². The number of Topliss-reactive ketones (excluding diaryl/α,β-unsaturated/α-hetero) is 1. The minimum Gasteiger partial charge on any atom is -0.389 e. The molecule has 0 amide bonds. The molecule has 166 valence electrons. The van der Waals surface area contributed by atoms with Gasteiger partial charge in [-0.25, -0.2) is 0 Å². The first-order chi connectivity index (χ1) is 13.6. The smallest absolute Gasteiger partial charge is 0.136 e. The van der Waals surface area contributed by atoms with Crippen LogP contribution >= 0.6 is 0 Å². The predicted octanol–water partition coefficient (Wildman–Crippen LogP) is 6.79. The lowest BCUT2D eigenvalue weighted by Gasteiger charge is -2.61. The summed E-state index contributed by atoms with van der Waals surface area (Å²) in [6.45, 7) is 11.3. The molecule has 4 aliphatic carbocycles. The molecule has 0 radical (unpaired) electrons. The lowest BCUT2D eigenvalue weighted by Crippen LogP contribution is -2.54. The minimum absolute atomic E-state index is 0.223. The third-order valence-electron chi connectivity index (χ3n) is 10.5. The molecular weight excluding hydrogens is 356 g/mol. The van der Waals surface area contributed by atoms with Gasteiger partial charge in [0.15, 0.2) is 0 Å². The molecule has 4 fully saturated rings. The number of carbonyl (C=O) groups excluding carboxylic acids is 1. The Bertz CT molecular complexity index is 622. The van der Waals surface area contributed by atoms with Gasteiger partial charge >= 0.3 is 0 Å². The van der Waals surface area contributed by atoms with E-state index < -0.39 is 5.60 Å². The van der Waals surface area contributed by atoms with Gasteiger partial charge < -0.3 is 5.11 Å². The third-order valence-corrected chi connectivity index (χ3v) is 10.5. The molecule has 29 heavy (non-hydrogen) atoms. The Kier molecular flexibility index (Phi) is 5.76. The summed E-state index contributed by atoms with van der Waals surface area (Å²) in [6, 6.07) is 0. The van der Waals surface area contributed by atoms with Gasteiger partial charge in [0.1, 0.15) is 5.78 Å². The van der Waals surface area contributed by atoms with E-state index in [1.165, 1.54) is 57.8 Å². The first-order valence-electron chi connectivity index (χ1n) is 12.8. The summed E-state index contributed by atoms with van der Waals surface area (Å²) >= 11 is 0. The van der Waals surface area contributed by atoms with Crippen molar-refractivity contribution in [3.8, 4) is 0 Å². The Hall–Kier alpha value is -0.370. The fraction of sp³-hybridized carbons (Fsp3) is 0.963. The molecular formula is C27H46O2. The maximum Gasteiger partial charge on any atom is 0.136 e. The molecule has 2 nitrogen and oxygen atoms in total. The van der Waals surface area contributed by atoms with Crippen LogP contribution in [0.25, 0.3) is 0 Å². The zero-order valence-corrected chi connectivity index (χ0v) is 19.8. The molecule has 0 aromatic carbocycles. The highest BCUT2D eigenvalue weighted by atomic mass is 16.3. The average Bonchev–Trinajstić information content (AvgIpc) is 2.98. The molecule has 0 bridgehead atoms. The van der Waals surface area contributed by atoms with Crippen molar-refractivity contribution < 1.29 is 9.90 Å². The van der Waals surface area contributed by atoms with E-state index in [0.29, 0.717) is 24.2 Å². The van der Waals surface area contributed by atoms with Crippen molar-refractivity contribution in [2.45, 2.75) is 117 Å². The lowest BCUT2D eigenvalue weighted by molar-refractivity contribution is -0.143. The van der Waals surface area contributed by atoms with Crippen LogP contribution in [-0.2, 0) is 4.79 Å². The molecule has 0 heterocycles. The first kappa shape index (κ1) is 21.8. The van der Waals surface area contributed by atoms with Crippen molar-refractivity contribution in [1.82, 2.24) is 0 Å². The summed E-state index contributed by atoms with van der Waals surface area (Å²) < 4.78 is 0.